The number of pyridine rings is 1. The van der Waals surface area contributed by atoms with Crippen LogP contribution in [0.25, 0.3) is 0 Å². The molecule has 1 aliphatic rings. The fourth-order valence-electron chi connectivity index (χ4n) is 3.24. The number of aromatic nitrogens is 1. The van der Waals surface area contributed by atoms with E-state index in [-0.39, 0.29) is 6.54 Å². The molecule has 1 aromatic heterocycles. The standard InChI is InChI=1S/C20H28F2N4O2/c1-14(8-9-16(22)25-23)26(18(27)28-19(2,3)4)13-20(10-6-11-20)17-15(21)7-5-12-24-17/h5,7-9,12,14H,6,10-11,13,23H2,1-4H3/b9-8-,25-16+. The number of ether oxygens (including phenoxy) is 1. The first-order chi connectivity index (χ1) is 13.1. The van der Waals surface area contributed by atoms with Gasteiger partial charge in [-0.15, -0.1) is 0 Å². The van der Waals surface area contributed by atoms with E-state index in [9.17, 15) is 13.6 Å². The average Bonchev–Trinajstić information content (AvgIpc) is 2.58. The second-order valence-electron chi connectivity index (χ2n) is 8.13. The van der Waals surface area contributed by atoms with Crippen molar-refractivity contribution in [3.8, 4) is 0 Å². The number of amides is 1. The summed E-state index contributed by atoms with van der Waals surface area (Å²) in [5.74, 6) is 3.66. The van der Waals surface area contributed by atoms with Crippen LogP contribution in [0.15, 0.2) is 35.6 Å². The van der Waals surface area contributed by atoms with Gasteiger partial charge >= 0.3 is 6.09 Å². The Balaban J connectivity index is 2.34. The maximum atomic E-state index is 14.4. The molecule has 28 heavy (non-hydrogen) atoms. The largest absolute Gasteiger partial charge is 0.444 e. The van der Waals surface area contributed by atoms with E-state index in [0.29, 0.717) is 18.5 Å². The first-order valence-corrected chi connectivity index (χ1v) is 9.30. The van der Waals surface area contributed by atoms with Crippen LogP contribution in [0.5, 0.6) is 0 Å². The van der Waals surface area contributed by atoms with Crippen LogP contribution in [-0.2, 0) is 10.2 Å². The van der Waals surface area contributed by atoms with E-state index < -0.39 is 34.9 Å². The van der Waals surface area contributed by atoms with E-state index in [4.69, 9.17) is 10.6 Å². The summed E-state index contributed by atoms with van der Waals surface area (Å²) in [6, 6.07) is 2.39. The molecule has 1 aromatic rings. The average molecular weight is 394 g/mol. The molecule has 1 atom stereocenters. The molecule has 2 N–H and O–H groups in total. The maximum Gasteiger partial charge on any atom is 0.410 e. The van der Waals surface area contributed by atoms with Crippen molar-refractivity contribution in [2.45, 2.75) is 64.0 Å². The summed E-state index contributed by atoms with van der Waals surface area (Å²) in [6.07, 6.45) is 5.87. The van der Waals surface area contributed by atoms with Gasteiger partial charge in [-0.2, -0.15) is 9.49 Å². The van der Waals surface area contributed by atoms with E-state index in [1.54, 1.807) is 33.9 Å². The first kappa shape index (κ1) is 21.8. The number of nitrogens with two attached hydrogens (primary N) is 1. The van der Waals surface area contributed by atoms with Gasteiger partial charge in [0.15, 0.2) is 0 Å². The molecule has 2 rings (SSSR count). The maximum absolute atomic E-state index is 14.4. The Labute approximate surface area is 164 Å². The Bertz CT molecular complexity index is 755. The minimum absolute atomic E-state index is 0.211. The highest BCUT2D eigenvalue weighted by Gasteiger charge is 2.45. The van der Waals surface area contributed by atoms with Crippen LogP contribution >= 0.6 is 0 Å². The summed E-state index contributed by atoms with van der Waals surface area (Å²) in [7, 11) is 0. The second-order valence-corrected chi connectivity index (χ2v) is 8.13. The van der Waals surface area contributed by atoms with Crippen molar-refractivity contribution in [2.24, 2.45) is 10.9 Å². The Morgan fingerprint density at radius 1 is 1.50 bits per heavy atom. The van der Waals surface area contributed by atoms with Crippen molar-refractivity contribution in [3.63, 3.8) is 0 Å². The predicted molar refractivity (Wildman–Crippen MR) is 104 cm³/mol. The van der Waals surface area contributed by atoms with Crippen molar-refractivity contribution >= 4 is 12.1 Å². The van der Waals surface area contributed by atoms with E-state index in [1.165, 1.54) is 23.1 Å². The Hall–Kier alpha value is -2.51. The number of hydrogen-bond acceptors (Lipinski definition) is 5. The molecule has 1 saturated carbocycles. The molecular weight excluding hydrogens is 366 g/mol. The van der Waals surface area contributed by atoms with Crippen molar-refractivity contribution < 1.29 is 18.3 Å². The van der Waals surface area contributed by atoms with E-state index in [0.717, 1.165) is 12.5 Å². The normalized spacial score (nSPS) is 17.9. The van der Waals surface area contributed by atoms with Crippen molar-refractivity contribution in [1.29, 1.82) is 0 Å². The smallest absolute Gasteiger partial charge is 0.410 e. The summed E-state index contributed by atoms with van der Waals surface area (Å²) >= 11 is 0. The molecule has 0 saturated heterocycles. The minimum Gasteiger partial charge on any atom is -0.444 e. The molecule has 0 bridgehead atoms. The van der Waals surface area contributed by atoms with Crippen LogP contribution < -0.4 is 5.84 Å². The van der Waals surface area contributed by atoms with E-state index >= 15 is 0 Å². The molecule has 1 fully saturated rings. The van der Waals surface area contributed by atoms with Crippen molar-refractivity contribution in [1.82, 2.24) is 9.88 Å². The molecule has 8 heteroatoms. The fraction of sp³-hybridized carbons (Fsp3) is 0.550. The molecule has 1 aliphatic carbocycles. The molecule has 0 aliphatic heterocycles. The Kier molecular flexibility index (Phi) is 6.74. The molecule has 1 heterocycles. The van der Waals surface area contributed by atoms with Gasteiger partial charge in [0, 0.05) is 18.2 Å². The van der Waals surface area contributed by atoms with Crippen LogP contribution in [0.3, 0.4) is 0 Å². The highest BCUT2D eigenvalue weighted by atomic mass is 19.1. The monoisotopic (exact) mass is 394 g/mol. The number of carbonyl (C=O) groups excluding carboxylic acids is 1. The van der Waals surface area contributed by atoms with E-state index in [1.807, 2.05) is 0 Å². The Morgan fingerprint density at radius 3 is 2.68 bits per heavy atom. The molecule has 0 spiro atoms. The quantitative estimate of drug-likeness (QED) is 0.448. The molecular formula is C20H28F2N4O2. The third kappa shape index (κ3) is 5.27. The van der Waals surface area contributed by atoms with Gasteiger partial charge in [0.05, 0.1) is 11.7 Å². The lowest BCUT2D eigenvalue weighted by Gasteiger charge is -2.45. The number of nitrogens with zero attached hydrogens (tertiary/aromatic N) is 3. The molecule has 0 aromatic carbocycles. The molecule has 1 unspecified atom stereocenters. The lowest BCUT2D eigenvalue weighted by molar-refractivity contribution is 0.0103. The van der Waals surface area contributed by atoms with Gasteiger partial charge < -0.3 is 15.5 Å². The van der Waals surface area contributed by atoms with Gasteiger partial charge in [-0.3, -0.25) is 4.98 Å². The van der Waals surface area contributed by atoms with Crippen LogP contribution in [0.2, 0.25) is 0 Å². The van der Waals surface area contributed by atoms with Gasteiger partial charge in [-0.25, -0.2) is 9.18 Å². The van der Waals surface area contributed by atoms with Crippen LogP contribution in [-0.4, -0.2) is 40.1 Å². The zero-order valence-corrected chi connectivity index (χ0v) is 16.8. The highest BCUT2D eigenvalue weighted by Crippen LogP contribution is 2.44. The highest BCUT2D eigenvalue weighted by molar-refractivity contribution is 5.86. The molecule has 0 radical (unpaired) electrons. The van der Waals surface area contributed by atoms with Gasteiger partial charge in [-0.1, -0.05) is 12.5 Å². The first-order valence-electron chi connectivity index (χ1n) is 9.30. The topological polar surface area (TPSA) is 80.8 Å². The van der Waals surface area contributed by atoms with Crippen LogP contribution in [0.4, 0.5) is 13.6 Å². The number of allylic oxidation sites excluding steroid dienone is 1. The zero-order valence-electron chi connectivity index (χ0n) is 16.8. The minimum atomic E-state index is -0.856. The number of hydrazone groups is 1. The van der Waals surface area contributed by atoms with Gasteiger partial charge in [0.25, 0.3) is 0 Å². The summed E-state index contributed by atoms with van der Waals surface area (Å²) in [5.41, 5.74) is -0.947. The zero-order chi connectivity index (χ0) is 20.9. The molecule has 6 nitrogen and oxygen atoms in total. The number of carbonyl (C=O) groups is 1. The second kappa shape index (κ2) is 8.67. The summed E-state index contributed by atoms with van der Waals surface area (Å²) in [6.45, 7) is 7.24. The van der Waals surface area contributed by atoms with Gasteiger partial charge in [0.1, 0.15) is 11.4 Å². The van der Waals surface area contributed by atoms with Gasteiger partial charge in [0.2, 0.25) is 5.97 Å². The number of hydrogen-bond donors (Lipinski definition) is 1. The fourth-order valence-corrected chi connectivity index (χ4v) is 3.24. The summed E-state index contributed by atoms with van der Waals surface area (Å²) in [5, 5.41) is 2.95. The van der Waals surface area contributed by atoms with Crippen LogP contribution in [0, 0.1) is 5.82 Å². The third-order valence-electron chi connectivity index (χ3n) is 4.80. The number of rotatable bonds is 6. The van der Waals surface area contributed by atoms with Crippen LogP contribution in [0.1, 0.15) is 52.7 Å². The number of halogens is 2. The van der Waals surface area contributed by atoms with Crippen molar-refractivity contribution in [3.05, 3.63) is 42.0 Å². The lowest BCUT2D eigenvalue weighted by atomic mass is 9.65. The SMILES string of the molecule is CC(/C=C\C(F)=N/N)N(CC1(c2ncccc2F)CCC1)C(=O)OC(C)(C)C. The summed E-state index contributed by atoms with van der Waals surface area (Å²) in [4.78, 5) is 18.6. The summed E-state index contributed by atoms with van der Waals surface area (Å²) < 4.78 is 33.3. The molecule has 1 amide bonds. The lowest BCUT2D eigenvalue weighted by Crippen LogP contribution is -2.52. The van der Waals surface area contributed by atoms with E-state index in [2.05, 4.69) is 10.1 Å². The van der Waals surface area contributed by atoms with Crippen molar-refractivity contribution in [2.75, 3.05) is 6.54 Å². The third-order valence-corrected chi connectivity index (χ3v) is 4.80. The Morgan fingerprint density at radius 2 is 2.18 bits per heavy atom. The van der Waals surface area contributed by atoms with Gasteiger partial charge in [-0.05, 0) is 58.7 Å². The predicted octanol–water partition coefficient (Wildman–Crippen LogP) is 4.07. The molecule has 154 valence electrons.